The zero-order valence-corrected chi connectivity index (χ0v) is 17.7. The third kappa shape index (κ3) is 4.21. The maximum absolute atomic E-state index is 10.5. The van der Waals surface area contributed by atoms with Crippen LogP contribution < -0.4 is 5.32 Å². The number of aryl methyl sites for hydroxylation is 1. The number of nitrogens with one attached hydrogen (secondary N) is 2. The molecule has 4 heterocycles. The highest BCUT2D eigenvalue weighted by molar-refractivity contribution is 5.86. The van der Waals surface area contributed by atoms with E-state index in [-0.39, 0.29) is 0 Å². The first-order chi connectivity index (χ1) is 14.6. The van der Waals surface area contributed by atoms with Gasteiger partial charge in [0, 0.05) is 61.0 Å². The van der Waals surface area contributed by atoms with Gasteiger partial charge in [0.1, 0.15) is 12.1 Å². The molecule has 1 unspecified atom stereocenters. The highest BCUT2D eigenvalue weighted by atomic mass is 16.1. The van der Waals surface area contributed by atoms with Gasteiger partial charge in [0.05, 0.1) is 17.2 Å². The van der Waals surface area contributed by atoms with Crippen molar-refractivity contribution in [2.24, 2.45) is 7.05 Å². The van der Waals surface area contributed by atoms with E-state index >= 15 is 0 Å². The third-order valence-corrected chi connectivity index (χ3v) is 5.79. The first-order valence-corrected chi connectivity index (χ1v) is 10.3. The standard InChI is InChI=1S/C14H20N4.C9H8N2O/c1-10-4-3-5-18(10)9-12-6-11-8-16-14(15-2)7-13(11)17-12;1-11-9-4-7(6-12)2-3-8(9)5-10-11/h6-8,10,17H,3-5,9H2,1-2H3,(H,15,16);2-6H,1H3. The minimum Gasteiger partial charge on any atom is -0.373 e. The van der Waals surface area contributed by atoms with Gasteiger partial charge in [-0.1, -0.05) is 12.1 Å². The summed E-state index contributed by atoms with van der Waals surface area (Å²) in [6.07, 6.45) is 7.20. The van der Waals surface area contributed by atoms with Gasteiger partial charge in [-0.3, -0.25) is 14.4 Å². The summed E-state index contributed by atoms with van der Waals surface area (Å²) in [5.41, 5.74) is 4.12. The molecule has 156 valence electrons. The maximum atomic E-state index is 10.5. The second kappa shape index (κ2) is 8.67. The second-order valence-electron chi connectivity index (χ2n) is 7.87. The highest BCUT2D eigenvalue weighted by Crippen LogP contribution is 2.22. The monoisotopic (exact) mass is 404 g/mol. The van der Waals surface area contributed by atoms with E-state index in [0.29, 0.717) is 11.6 Å². The summed E-state index contributed by atoms with van der Waals surface area (Å²) < 4.78 is 1.75. The number of carbonyl (C=O) groups excluding carboxylic acids is 1. The molecule has 7 heteroatoms. The number of hydrogen-bond acceptors (Lipinski definition) is 5. The van der Waals surface area contributed by atoms with E-state index in [1.807, 2.05) is 32.4 Å². The van der Waals surface area contributed by atoms with Gasteiger partial charge in [0.2, 0.25) is 0 Å². The summed E-state index contributed by atoms with van der Waals surface area (Å²) in [7, 11) is 3.75. The van der Waals surface area contributed by atoms with E-state index in [2.05, 4.69) is 44.3 Å². The van der Waals surface area contributed by atoms with Gasteiger partial charge in [0.15, 0.2) is 0 Å². The minimum atomic E-state index is 0.686. The van der Waals surface area contributed by atoms with Crippen LogP contribution in [-0.4, -0.2) is 50.6 Å². The quantitative estimate of drug-likeness (QED) is 0.503. The number of benzene rings is 1. The van der Waals surface area contributed by atoms with Crippen LogP contribution in [0.5, 0.6) is 0 Å². The summed E-state index contributed by atoms with van der Waals surface area (Å²) >= 11 is 0. The van der Waals surface area contributed by atoms with Crippen LogP contribution in [0, 0.1) is 0 Å². The Balaban J connectivity index is 0.000000158. The number of likely N-dealkylation sites (tertiary alicyclic amines) is 1. The Hall–Kier alpha value is -3.19. The fraction of sp³-hybridized carbons (Fsp3) is 0.348. The Morgan fingerprint density at radius 2 is 2.10 bits per heavy atom. The number of carbonyl (C=O) groups is 1. The van der Waals surface area contributed by atoms with E-state index in [9.17, 15) is 4.79 Å². The average molecular weight is 405 g/mol. The van der Waals surface area contributed by atoms with Crippen LogP contribution in [-0.2, 0) is 13.6 Å². The lowest BCUT2D eigenvalue weighted by atomic mass is 10.2. The van der Waals surface area contributed by atoms with Crippen molar-refractivity contribution in [2.75, 3.05) is 18.9 Å². The molecule has 4 aromatic rings. The van der Waals surface area contributed by atoms with Crippen molar-refractivity contribution >= 4 is 33.9 Å². The van der Waals surface area contributed by atoms with Gasteiger partial charge in [-0.15, -0.1) is 0 Å². The number of H-pyrrole nitrogens is 1. The van der Waals surface area contributed by atoms with E-state index in [1.165, 1.54) is 30.5 Å². The lowest BCUT2D eigenvalue weighted by Crippen LogP contribution is -2.26. The number of hydrogen-bond donors (Lipinski definition) is 2. The van der Waals surface area contributed by atoms with Crippen molar-refractivity contribution in [3.63, 3.8) is 0 Å². The first-order valence-electron chi connectivity index (χ1n) is 10.3. The summed E-state index contributed by atoms with van der Waals surface area (Å²) in [6.45, 7) is 4.55. The fourth-order valence-electron chi connectivity index (χ4n) is 3.99. The Morgan fingerprint density at radius 3 is 2.83 bits per heavy atom. The van der Waals surface area contributed by atoms with Crippen molar-refractivity contribution < 1.29 is 4.79 Å². The average Bonchev–Trinajstić information content (AvgIpc) is 3.47. The number of aldehydes is 1. The van der Waals surface area contributed by atoms with Gasteiger partial charge in [-0.05, 0) is 38.4 Å². The lowest BCUT2D eigenvalue weighted by Gasteiger charge is -2.19. The molecule has 1 aliphatic rings. The molecular weight excluding hydrogens is 376 g/mol. The number of aromatic amines is 1. The molecule has 1 aliphatic heterocycles. The molecule has 1 saturated heterocycles. The molecule has 5 rings (SSSR count). The van der Waals surface area contributed by atoms with Crippen molar-refractivity contribution in [3.05, 3.63) is 54.0 Å². The minimum absolute atomic E-state index is 0.686. The molecule has 0 radical (unpaired) electrons. The number of pyridine rings is 1. The number of fused-ring (bicyclic) bond motifs is 2. The molecule has 3 aromatic heterocycles. The first kappa shape index (κ1) is 20.1. The molecule has 0 saturated carbocycles. The fourth-order valence-corrected chi connectivity index (χ4v) is 3.99. The Labute approximate surface area is 176 Å². The molecule has 30 heavy (non-hydrogen) atoms. The molecule has 1 fully saturated rings. The molecule has 2 N–H and O–H groups in total. The van der Waals surface area contributed by atoms with Gasteiger partial charge in [-0.2, -0.15) is 5.10 Å². The normalized spacial score (nSPS) is 16.6. The number of anilines is 1. The summed E-state index contributed by atoms with van der Waals surface area (Å²) in [5, 5.41) is 9.39. The van der Waals surface area contributed by atoms with Crippen LogP contribution in [0.2, 0.25) is 0 Å². The zero-order valence-electron chi connectivity index (χ0n) is 17.7. The smallest absolute Gasteiger partial charge is 0.150 e. The van der Waals surface area contributed by atoms with Crippen LogP contribution in [0.1, 0.15) is 35.8 Å². The van der Waals surface area contributed by atoms with Crippen LogP contribution in [0.15, 0.2) is 42.7 Å². The van der Waals surface area contributed by atoms with Crippen LogP contribution in [0.3, 0.4) is 0 Å². The highest BCUT2D eigenvalue weighted by Gasteiger charge is 2.20. The Bertz CT molecular complexity index is 1160. The lowest BCUT2D eigenvalue weighted by molar-refractivity contribution is 0.112. The molecule has 1 atom stereocenters. The largest absolute Gasteiger partial charge is 0.373 e. The summed E-state index contributed by atoms with van der Waals surface area (Å²) in [5.74, 6) is 0.908. The van der Waals surface area contributed by atoms with Crippen molar-refractivity contribution in [3.8, 4) is 0 Å². The molecule has 7 nitrogen and oxygen atoms in total. The molecule has 0 bridgehead atoms. The van der Waals surface area contributed by atoms with Gasteiger partial charge >= 0.3 is 0 Å². The summed E-state index contributed by atoms with van der Waals surface area (Å²) in [6, 6.07) is 10.5. The van der Waals surface area contributed by atoms with Crippen molar-refractivity contribution in [1.29, 1.82) is 0 Å². The SMILES string of the molecule is CNc1cc2[nH]c(CN3CCCC3C)cc2cn1.Cn1ncc2ccc(C=O)cc21. The number of aromatic nitrogens is 4. The molecule has 0 aliphatic carbocycles. The zero-order chi connectivity index (χ0) is 21.1. The van der Waals surface area contributed by atoms with E-state index in [0.717, 1.165) is 35.1 Å². The maximum Gasteiger partial charge on any atom is 0.150 e. The van der Waals surface area contributed by atoms with Crippen LogP contribution >= 0.6 is 0 Å². The topological polar surface area (TPSA) is 78.8 Å². The van der Waals surface area contributed by atoms with E-state index in [4.69, 9.17) is 0 Å². The van der Waals surface area contributed by atoms with Crippen molar-refractivity contribution in [1.82, 2.24) is 24.6 Å². The predicted molar refractivity (Wildman–Crippen MR) is 121 cm³/mol. The molecule has 0 spiro atoms. The van der Waals surface area contributed by atoms with E-state index < -0.39 is 0 Å². The van der Waals surface area contributed by atoms with Gasteiger partial charge in [0.25, 0.3) is 0 Å². The van der Waals surface area contributed by atoms with Crippen LogP contribution in [0.4, 0.5) is 5.82 Å². The van der Waals surface area contributed by atoms with Gasteiger partial charge < -0.3 is 10.3 Å². The van der Waals surface area contributed by atoms with Crippen LogP contribution in [0.25, 0.3) is 21.8 Å². The van der Waals surface area contributed by atoms with Crippen molar-refractivity contribution in [2.45, 2.75) is 32.4 Å². The molecule has 0 amide bonds. The number of nitrogens with zero attached hydrogens (tertiary/aromatic N) is 4. The molecule has 1 aromatic carbocycles. The predicted octanol–water partition coefficient (Wildman–Crippen LogP) is 3.97. The Morgan fingerprint density at radius 1 is 1.23 bits per heavy atom. The van der Waals surface area contributed by atoms with Gasteiger partial charge in [-0.25, -0.2) is 4.98 Å². The Kier molecular flexibility index (Phi) is 5.81. The third-order valence-electron chi connectivity index (χ3n) is 5.79. The second-order valence-corrected chi connectivity index (χ2v) is 7.87. The number of rotatable bonds is 4. The van der Waals surface area contributed by atoms with E-state index in [1.54, 1.807) is 16.9 Å². The summed E-state index contributed by atoms with van der Waals surface area (Å²) in [4.78, 5) is 20.8. The molecular formula is C23H28N6O.